The fraction of sp³-hybridized carbons (Fsp3) is 0.538. The molecule has 2 heterocycles. The van der Waals surface area contributed by atoms with Crippen LogP contribution in [0.1, 0.15) is 30.4 Å². The van der Waals surface area contributed by atoms with Crippen molar-refractivity contribution in [3.8, 4) is 5.75 Å². The maximum Gasteiger partial charge on any atom is 0.142 e. The first-order valence-corrected chi connectivity index (χ1v) is 11.7. The van der Waals surface area contributed by atoms with Gasteiger partial charge in [0, 0.05) is 58.0 Å². The summed E-state index contributed by atoms with van der Waals surface area (Å²) in [7, 11) is 1.75. The minimum atomic E-state index is 0.259. The van der Waals surface area contributed by atoms with Crippen LogP contribution in [0.3, 0.4) is 0 Å². The first-order chi connectivity index (χ1) is 15.2. The summed E-state index contributed by atoms with van der Waals surface area (Å²) in [4.78, 5) is 7.74. The number of hydrogen-bond acceptors (Lipinski definition) is 5. The van der Waals surface area contributed by atoms with E-state index >= 15 is 0 Å². The van der Waals surface area contributed by atoms with Gasteiger partial charge in [0.25, 0.3) is 0 Å². The normalized spacial score (nSPS) is 21.4. The Labute approximate surface area is 187 Å². The highest BCUT2D eigenvalue weighted by Gasteiger charge is 2.32. The van der Waals surface area contributed by atoms with Crippen LogP contribution in [-0.4, -0.2) is 73.4 Å². The number of methoxy groups -OCH3 is 1. The van der Waals surface area contributed by atoms with Gasteiger partial charge in [-0.25, -0.2) is 0 Å². The SMILES string of the molecule is COc1ccccc1N1CCC(N2CCN(Cc3ccccc3C)C(CCO)C2)CC1. The molecule has 31 heavy (non-hydrogen) atoms. The van der Waals surface area contributed by atoms with Crippen molar-refractivity contribution in [2.45, 2.75) is 44.8 Å². The first-order valence-electron chi connectivity index (χ1n) is 11.7. The summed E-state index contributed by atoms with van der Waals surface area (Å²) in [5, 5.41) is 9.70. The predicted molar refractivity (Wildman–Crippen MR) is 127 cm³/mol. The van der Waals surface area contributed by atoms with Gasteiger partial charge < -0.3 is 14.7 Å². The van der Waals surface area contributed by atoms with E-state index < -0.39 is 0 Å². The van der Waals surface area contributed by atoms with Crippen molar-refractivity contribution in [3.63, 3.8) is 0 Å². The lowest BCUT2D eigenvalue weighted by molar-refractivity contribution is 0.0253. The summed E-state index contributed by atoms with van der Waals surface area (Å²) in [5.41, 5.74) is 3.98. The van der Waals surface area contributed by atoms with Crippen molar-refractivity contribution < 1.29 is 9.84 Å². The van der Waals surface area contributed by atoms with Crippen molar-refractivity contribution in [3.05, 3.63) is 59.7 Å². The lowest BCUT2D eigenvalue weighted by Crippen LogP contribution is -2.57. The van der Waals surface area contributed by atoms with Gasteiger partial charge in [-0.2, -0.15) is 0 Å². The topological polar surface area (TPSA) is 39.2 Å². The number of aryl methyl sites for hydroxylation is 1. The minimum absolute atomic E-state index is 0.259. The lowest BCUT2D eigenvalue weighted by Gasteiger charge is -2.47. The number of rotatable bonds is 7. The molecule has 2 aliphatic heterocycles. The zero-order chi connectivity index (χ0) is 21.6. The first kappa shape index (κ1) is 22.1. The van der Waals surface area contributed by atoms with E-state index in [1.165, 1.54) is 29.7 Å². The Bertz CT molecular complexity index is 835. The van der Waals surface area contributed by atoms with Crippen LogP contribution in [0.15, 0.2) is 48.5 Å². The molecule has 5 heteroatoms. The predicted octanol–water partition coefficient (Wildman–Crippen LogP) is 3.54. The molecule has 2 aromatic rings. The number of benzene rings is 2. The van der Waals surface area contributed by atoms with Gasteiger partial charge in [0.15, 0.2) is 0 Å². The quantitative estimate of drug-likeness (QED) is 0.738. The highest BCUT2D eigenvalue weighted by atomic mass is 16.5. The molecule has 1 unspecified atom stereocenters. The molecule has 0 amide bonds. The second-order valence-corrected chi connectivity index (χ2v) is 8.95. The van der Waals surface area contributed by atoms with E-state index in [9.17, 15) is 5.11 Å². The molecule has 4 rings (SSSR count). The molecule has 0 spiro atoms. The molecule has 168 valence electrons. The summed E-state index contributed by atoms with van der Waals surface area (Å²) < 4.78 is 5.57. The molecule has 1 atom stereocenters. The zero-order valence-corrected chi connectivity index (χ0v) is 19.0. The van der Waals surface area contributed by atoms with Gasteiger partial charge >= 0.3 is 0 Å². The van der Waals surface area contributed by atoms with Crippen LogP contribution in [0, 0.1) is 6.92 Å². The highest BCUT2D eigenvalue weighted by Crippen LogP contribution is 2.31. The molecular formula is C26H37N3O2. The Morgan fingerprint density at radius 1 is 0.968 bits per heavy atom. The molecule has 2 aromatic carbocycles. The van der Waals surface area contributed by atoms with Gasteiger partial charge in [-0.15, -0.1) is 0 Å². The average Bonchev–Trinajstić information content (AvgIpc) is 2.82. The summed E-state index contributed by atoms with van der Waals surface area (Å²) >= 11 is 0. The van der Waals surface area contributed by atoms with E-state index in [4.69, 9.17) is 4.74 Å². The monoisotopic (exact) mass is 423 g/mol. The Morgan fingerprint density at radius 3 is 2.45 bits per heavy atom. The van der Waals surface area contributed by atoms with Gasteiger partial charge in [-0.3, -0.25) is 9.80 Å². The molecule has 0 bridgehead atoms. The highest BCUT2D eigenvalue weighted by molar-refractivity contribution is 5.58. The Kier molecular flexibility index (Phi) is 7.49. The number of piperazine rings is 1. The minimum Gasteiger partial charge on any atom is -0.495 e. The van der Waals surface area contributed by atoms with Crippen LogP contribution in [0.5, 0.6) is 5.75 Å². The number of aliphatic hydroxyl groups excluding tert-OH is 1. The van der Waals surface area contributed by atoms with E-state index in [0.717, 1.165) is 51.4 Å². The maximum absolute atomic E-state index is 9.70. The fourth-order valence-electron chi connectivity index (χ4n) is 5.25. The molecule has 2 aliphatic rings. The number of anilines is 1. The smallest absolute Gasteiger partial charge is 0.142 e. The summed E-state index contributed by atoms with van der Waals surface area (Å²) in [6, 6.07) is 18.1. The third-order valence-electron chi connectivity index (χ3n) is 7.14. The van der Waals surface area contributed by atoms with Crippen LogP contribution < -0.4 is 9.64 Å². The van der Waals surface area contributed by atoms with E-state index in [-0.39, 0.29) is 6.61 Å². The van der Waals surface area contributed by atoms with Crippen LogP contribution >= 0.6 is 0 Å². The Morgan fingerprint density at radius 2 is 1.71 bits per heavy atom. The number of ether oxygens (including phenoxy) is 1. The van der Waals surface area contributed by atoms with E-state index in [0.29, 0.717) is 12.1 Å². The van der Waals surface area contributed by atoms with Crippen molar-refractivity contribution >= 4 is 5.69 Å². The third kappa shape index (κ3) is 5.22. The molecule has 1 N–H and O–H groups in total. The molecule has 0 radical (unpaired) electrons. The number of para-hydroxylation sites is 2. The van der Waals surface area contributed by atoms with Crippen molar-refractivity contribution in [2.24, 2.45) is 0 Å². The van der Waals surface area contributed by atoms with Gasteiger partial charge in [0.2, 0.25) is 0 Å². The summed E-state index contributed by atoms with van der Waals surface area (Å²) in [6.45, 7) is 8.83. The number of hydrogen-bond donors (Lipinski definition) is 1. The number of nitrogens with zero attached hydrogens (tertiary/aromatic N) is 3. The Hall–Kier alpha value is -2.08. The summed E-state index contributed by atoms with van der Waals surface area (Å²) in [6.07, 6.45) is 3.21. The van der Waals surface area contributed by atoms with E-state index in [1.54, 1.807) is 7.11 Å². The molecule has 2 saturated heterocycles. The second kappa shape index (κ2) is 10.5. The van der Waals surface area contributed by atoms with E-state index in [2.05, 4.69) is 64.1 Å². The summed E-state index contributed by atoms with van der Waals surface area (Å²) in [5.74, 6) is 0.966. The van der Waals surface area contributed by atoms with Gasteiger partial charge in [0.1, 0.15) is 5.75 Å². The molecule has 0 saturated carbocycles. The lowest BCUT2D eigenvalue weighted by atomic mass is 9.98. The van der Waals surface area contributed by atoms with Gasteiger partial charge in [-0.05, 0) is 49.4 Å². The van der Waals surface area contributed by atoms with Crippen LogP contribution in [0.25, 0.3) is 0 Å². The van der Waals surface area contributed by atoms with Gasteiger partial charge in [0.05, 0.1) is 12.8 Å². The number of aliphatic hydroxyl groups is 1. The van der Waals surface area contributed by atoms with Crippen LogP contribution in [0.2, 0.25) is 0 Å². The molecule has 2 fully saturated rings. The molecule has 5 nitrogen and oxygen atoms in total. The molecular weight excluding hydrogens is 386 g/mol. The average molecular weight is 424 g/mol. The molecule has 0 aromatic heterocycles. The van der Waals surface area contributed by atoms with Crippen molar-refractivity contribution in [1.82, 2.24) is 9.80 Å². The van der Waals surface area contributed by atoms with Crippen molar-refractivity contribution in [2.75, 3.05) is 51.3 Å². The second-order valence-electron chi connectivity index (χ2n) is 8.95. The zero-order valence-electron chi connectivity index (χ0n) is 19.0. The number of piperidine rings is 1. The van der Waals surface area contributed by atoms with Crippen molar-refractivity contribution in [1.29, 1.82) is 0 Å². The third-order valence-corrected chi connectivity index (χ3v) is 7.14. The Balaban J connectivity index is 1.35. The van der Waals surface area contributed by atoms with Crippen LogP contribution in [-0.2, 0) is 6.54 Å². The standard InChI is InChI=1S/C26H37N3O2/c1-21-7-3-4-8-22(21)19-28-16-17-29(20-24(28)13-18-30)23-11-14-27(15-12-23)25-9-5-6-10-26(25)31-2/h3-10,23-24,30H,11-20H2,1-2H3. The van der Waals surface area contributed by atoms with E-state index in [1.807, 2.05) is 6.07 Å². The van der Waals surface area contributed by atoms with Crippen LogP contribution in [0.4, 0.5) is 5.69 Å². The largest absolute Gasteiger partial charge is 0.495 e. The fourth-order valence-corrected chi connectivity index (χ4v) is 5.25. The maximum atomic E-state index is 9.70. The van der Waals surface area contributed by atoms with Gasteiger partial charge in [-0.1, -0.05) is 36.4 Å². The molecule has 0 aliphatic carbocycles.